The van der Waals surface area contributed by atoms with Gasteiger partial charge in [0.2, 0.25) is 0 Å². The van der Waals surface area contributed by atoms with Gasteiger partial charge in [0.1, 0.15) is 7.05 Å². The second-order valence-electron chi connectivity index (χ2n) is 3.33. The molecule has 0 aromatic carbocycles. The van der Waals surface area contributed by atoms with Crippen molar-refractivity contribution in [2.24, 2.45) is 7.05 Å². The summed E-state index contributed by atoms with van der Waals surface area (Å²) < 4.78 is 2.11. The highest BCUT2D eigenvalue weighted by molar-refractivity contribution is 5.24. The number of pyridine rings is 1. The van der Waals surface area contributed by atoms with E-state index in [9.17, 15) is 0 Å². The molecule has 0 amide bonds. The molecule has 2 heteroatoms. The summed E-state index contributed by atoms with van der Waals surface area (Å²) in [6.07, 6.45) is 4.32. The van der Waals surface area contributed by atoms with Crippen LogP contribution in [0.1, 0.15) is 25.0 Å². The van der Waals surface area contributed by atoms with Crippen molar-refractivity contribution in [2.45, 2.75) is 26.9 Å². The van der Waals surface area contributed by atoms with Crippen molar-refractivity contribution in [2.75, 3.05) is 7.05 Å². The van der Waals surface area contributed by atoms with E-state index in [-0.39, 0.29) is 0 Å². The molecule has 2 nitrogen and oxygen atoms in total. The van der Waals surface area contributed by atoms with E-state index in [4.69, 9.17) is 0 Å². The summed E-state index contributed by atoms with van der Waals surface area (Å²) in [6, 6.07) is 2.21. The Morgan fingerprint density at radius 1 is 1.23 bits per heavy atom. The van der Waals surface area contributed by atoms with E-state index < -0.39 is 0 Å². The summed E-state index contributed by atoms with van der Waals surface area (Å²) >= 11 is 0. The summed E-state index contributed by atoms with van der Waals surface area (Å²) in [5.41, 5.74) is 2.95. The van der Waals surface area contributed by atoms with Gasteiger partial charge in [-0.3, -0.25) is 4.90 Å². The second-order valence-corrected chi connectivity index (χ2v) is 3.33. The second kappa shape index (κ2) is 4.38. The molecule has 0 aliphatic carbocycles. The molecule has 2 rings (SSSR count). The maximum absolute atomic E-state index is 2.32. The molecule has 1 aliphatic rings. The number of hydrogen-bond acceptors (Lipinski definition) is 1. The van der Waals surface area contributed by atoms with Gasteiger partial charge in [0, 0.05) is 24.7 Å². The van der Waals surface area contributed by atoms with E-state index in [1.54, 1.807) is 0 Å². The van der Waals surface area contributed by atoms with E-state index in [1.807, 2.05) is 13.8 Å². The molecule has 1 aromatic heterocycles. The Hall–Kier alpha value is -0.890. The SMILES string of the molecule is CC.CN1Cc2cc[n+](C)cc2C1. The van der Waals surface area contributed by atoms with Gasteiger partial charge < -0.3 is 0 Å². The monoisotopic (exact) mass is 179 g/mol. The van der Waals surface area contributed by atoms with Gasteiger partial charge in [-0.1, -0.05) is 13.8 Å². The van der Waals surface area contributed by atoms with E-state index in [2.05, 4.69) is 42.0 Å². The van der Waals surface area contributed by atoms with Crippen molar-refractivity contribution in [3.8, 4) is 0 Å². The Morgan fingerprint density at radius 3 is 2.54 bits per heavy atom. The maximum atomic E-state index is 2.32. The number of fused-ring (bicyclic) bond motifs is 1. The first-order valence-corrected chi connectivity index (χ1v) is 4.91. The standard InChI is InChI=1S/C9H13N2.C2H6/c1-10-4-3-8-5-11(2)7-9(8)6-10;1-2/h3-4,6H,5,7H2,1-2H3;1-2H3/q+1;. The van der Waals surface area contributed by atoms with Crippen LogP contribution >= 0.6 is 0 Å². The number of nitrogens with zero attached hydrogens (tertiary/aromatic N) is 2. The van der Waals surface area contributed by atoms with Crippen LogP contribution in [0.5, 0.6) is 0 Å². The summed E-state index contributed by atoms with van der Waals surface area (Å²) in [6.45, 7) is 6.21. The van der Waals surface area contributed by atoms with Crippen molar-refractivity contribution >= 4 is 0 Å². The van der Waals surface area contributed by atoms with Crippen LogP contribution in [-0.2, 0) is 20.1 Å². The zero-order valence-corrected chi connectivity index (χ0v) is 9.04. The molecule has 0 bridgehead atoms. The van der Waals surface area contributed by atoms with Crippen molar-refractivity contribution in [3.63, 3.8) is 0 Å². The Labute approximate surface area is 80.8 Å². The molecule has 2 heterocycles. The molecule has 0 saturated carbocycles. The van der Waals surface area contributed by atoms with Crippen molar-refractivity contribution in [1.82, 2.24) is 4.90 Å². The summed E-state index contributed by atoms with van der Waals surface area (Å²) in [7, 11) is 4.22. The third-order valence-electron chi connectivity index (χ3n) is 2.16. The van der Waals surface area contributed by atoms with Gasteiger partial charge in [-0.15, -0.1) is 0 Å². The van der Waals surface area contributed by atoms with Gasteiger partial charge >= 0.3 is 0 Å². The fourth-order valence-electron chi connectivity index (χ4n) is 1.62. The molecular formula is C11H19N2+. The summed E-state index contributed by atoms with van der Waals surface area (Å²) in [5.74, 6) is 0. The van der Waals surface area contributed by atoms with E-state index >= 15 is 0 Å². The van der Waals surface area contributed by atoms with Crippen LogP contribution < -0.4 is 4.57 Å². The first kappa shape index (κ1) is 10.2. The average Bonchev–Trinajstić information content (AvgIpc) is 2.48. The zero-order chi connectivity index (χ0) is 9.84. The summed E-state index contributed by atoms with van der Waals surface area (Å²) in [4.78, 5) is 2.32. The lowest BCUT2D eigenvalue weighted by molar-refractivity contribution is -0.671. The molecule has 72 valence electrons. The lowest BCUT2D eigenvalue weighted by Gasteiger charge is -2.02. The lowest BCUT2D eigenvalue weighted by atomic mass is 10.2. The van der Waals surface area contributed by atoms with E-state index in [1.165, 1.54) is 11.1 Å². The minimum atomic E-state index is 1.10. The van der Waals surface area contributed by atoms with Crippen LogP contribution in [0.4, 0.5) is 0 Å². The predicted octanol–water partition coefficient (Wildman–Crippen LogP) is 1.48. The van der Waals surface area contributed by atoms with Gasteiger partial charge in [0.15, 0.2) is 12.4 Å². The largest absolute Gasteiger partial charge is 0.298 e. The molecule has 0 unspecified atom stereocenters. The van der Waals surface area contributed by atoms with Crippen LogP contribution in [0.15, 0.2) is 18.5 Å². The Balaban J connectivity index is 0.000000396. The minimum Gasteiger partial charge on any atom is -0.298 e. The molecule has 0 fully saturated rings. The molecule has 0 saturated heterocycles. The number of aromatic nitrogens is 1. The van der Waals surface area contributed by atoms with E-state index in [0.29, 0.717) is 0 Å². The smallest absolute Gasteiger partial charge is 0.173 e. The Bertz CT molecular complexity index is 281. The molecule has 1 aliphatic heterocycles. The fraction of sp³-hybridized carbons (Fsp3) is 0.545. The maximum Gasteiger partial charge on any atom is 0.173 e. The van der Waals surface area contributed by atoms with Crippen LogP contribution in [0.3, 0.4) is 0 Å². The Kier molecular flexibility index (Phi) is 3.43. The fourth-order valence-corrected chi connectivity index (χ4v) is 1.62. The molecule has 0 N–H and O–H groups in total. The molecular weight excluding hydrogens is 160 g/mol. The van der Waals surface area contributed by atoms with Crippen molar-refractivity contribution < 1.29 is 4.57 Å². The Morgan fingerprint density at radius 2 is 1.85 bits per heavy atom. The minimum absolute atomic E-state index is 1.10. The molecule has 13 heavy (non-hydrogen) atoms. The highest BCUT2D eigenvalue weighted by atomic mass is 15.1. The van der Waals surface area contributed by atoms with Crippen LogP contribution in [0.25, 0.3) is 0 Å². The number of rotatable bonds is 0. The van der Waals surface area contributed by atoms with Gasteiger partial charge in [0.05, 0.1) is 0 Å². The average molecular weight is 179 g/mol. The molecule has 1 aromatic rings. The first-order valence-electron chi connectivity index (χ1n) is 4.91. The zero-order valence-electron chi connectivity index (χ0n) is 9.04. The molecule has 0 spiro atoms. The highest BCUT2D eigenvalue weighted by Gasteiger charge is 2.17. The van der Waals surface area contributed by atoms with Crippen LogP contribution in [0.2, 0.25) is 0 Å². The normalized spacial score (nSPS) is 14.8. The number of aryl methyl sites for hydroxylation is 1. The van der Waals surface area contributed by atoms with Crippen molar-refractivity contribution in [1.29, 1.82) is 0 Å². The van der Waals surface area contributed by atoms with Gasteiger partial charge in [-0.2, -0.15) is 0 Å². The third kappa shape index (κ3) is 2.28. The quantitative estimate of drug-likeness (QED) is 0.547. The van der Waals surface area contributed by atoms with Gasteiger partial charge in [-0.05, 0) is 12.6 Å². The van der Waals surface area contributed by atoms with E-state index in [0.717, 1.165) is 13.1 Å². The molecule has 0 atom stereocenters. The van der Waals surface area contributed by atoms with Gasteiger partial charge in [-0.25, -0.2) is 4.57 Å². The predicted molar refractivity (Wildman–Crippen MR) is 54.1 cm³/mol. The summed E-state index contributed by atoms with van der Waals surface area (Å²) in [5, 5.41) is 0. The molecule has 0 radical (unpaired) electrons. The third-order valence-corrected chi connectivity index (χ3v) is 2.16. The van der Waals surface area contributed by atoms with Crippen LogP contribution in [-0.4, -0.2) is 11.9 Å². The highest BCUT2D eigenvalue weighted by Crippen LogP contribution is 2.18. The van der Waals surface area contributed by atoms with Crippen LogP contribution in [0, 0.1) is 0 Å². The lowest BCUT2D eigenvalue weighted by Crippen LogP contribution is -2.27. The van der Waals surface area contributed by atoms with Crippen molar-refractivity contribution in [3.05, 3.63) is 29.6 Å². The number of hydrogen-bond donors (Lipinski definition) is 0. The van der Waals surface area contributed by atoms with Gasteiger partial charge in [0.25, 0.3) is 0 Å². The topological polar surface area (TPSA) is 7.12 Å². The first-order chi connectivity index (χ1) is 6.25.